The van der Waals surface area contributed by atoms with Crippen molar-refractivity contribution in [1.29, 1.82) is 0 Å². The molecule has 0 fully saturated rings. The summed E-state index contributed by atoms with van der Waals surface area (Å²) in [4.78, 5) is 26.1. The second-order valence-corrected chi connectivity index (χ2v) is 10.2. The first-order valence-electron chi connectivity index (χ1n) is 11.1. The maximum atomic E-state index is 13.4. The number of rotatable bonds is 8. The van der Waals surface area contributed by atoms with Crippen molar-refractivity contribution in [3.05, 3.63) is 98.0 Å². The number of ether oxygens (including phenoxy) is 1. The molecule has 8 heteroatoms. The molecule has 0 aliphatic carbocycles. The van der Waals surface area contributed by atoms with E-state index in [1.807, 2.05) is 31.2 Å². The van der Waals surface area contributed by atoms with E-state index < -0.39 is 11.6 Å². The number of carboxylic acid groups (broad SMARTS) is 1. The van der Waals surface area contributed by atoms with Crippen LogP contribution < -0.4 is 4.74 Å². The number of carbonyl (C=O) groups is 2. The van der Waals surface area contributed by atoms with Crippen molar-refractivity contribution < 1.29 is 19.4 Å². The fourth-order valence-corrected chi connectivity index (χ4v) is 4.96. The predicted molar refractivity (Wildman–Crippen MR) is 138 cm³/mol. The summed E-state index contributed by atoms with van der Waals surface area (Å²) in [5.74, 6) is -0.499. The lowest BCUT2D eigenvalue weighted by molar-refractivity contribution is -0.137. The molecule has 0 spiro atoms. The van der Waals surface area contributed by atoms with Crippen LogP contribution in [-0.4, -0.2) is 34.0 Å². The van der Waals surface area contributed by atoms with Gasteiger partial charge in [-0.15, -0.1) is 0 Å². The van der Waals surface area contributed by atoms with Gasteiger partial charge in [0.05, 0.1) is 16.5 Å². The van der Waals surface area contributed by atoms with Crippen LogP contribution in [-0.2, 0) is 24.2 Å². The Balaban J connectivity index is 1.54. The Morgan fingerprint density at radius 3 is 2.57 bits per heavy atom. The van der Waals surface area contributed by atoms with Crippen molar-refractivity contribution in [1.82, 2.24) is 4.90 Å². The number of hydrogen-bond donors (Lipinski definition) is 1. The van der Waals surface area contributed by atoms with Gasteiger partial charge < -0.3 is 14.7 Å². The fraction of sp³-hybridized carbons (Fsp3) is 0.259. The Hall–Kier alpha value is -2.73. The zero-order valence-electron chi connectivity index (χ0n) is 19.1. The van der Waals surface area contributed by atoms with E-state index in [-0.39, 0.29) is 25.4 Å². The number of carboxylic acids is 1. The number of aliphatic carboxylic acids is 1. The second-order valence-electron chi connectivity index (χ2n) is 8.94. The van der Waals surface area contributed by atoms with Gasteiger partial charge >= 0.3 is 5.97 Å². The quantitative estimate of drug-likeness (QED) is 0.350. The van der Waals surface area contributed by atoms with Gasteiger partial charge in [-0.1, -0.05) is 59.1 Å². The summed E-state index contributed by atoms with van der Waals surface area (Å²) in [6, 6.07) is 18.0. The minimum absolute atomic E-state index is 0.0826. The van der Waals surface area contributed by atoms with Crippen LogP contribution in [0, 0.1) is 0 Å². The van der Waals surface area contributed by atoms with Crippen molar-refractivity contribution in [3.8, 4) is 5.75 Å². The third-order valence-corrected chi connectivity index (χ3v) is 7.06. The molecule has 0 bridgehead atoms. The number of halogens is 3. The van der Waals surface area contributed by atoms with Gasteiger partial charge in [0, 0.05) is 36.5 Å². The molecule has 0 saturated heterocycles. The Morgan fingerprint density at radius 2 is 1.83 bits per heavy atom. The first kappa shape index (κ1) is 25.4. The Morgan fingerprint density at radius 1 is 1.06 bits per heavy atom. The third-order valence-electron chi connectivity index (χ3n) is 5.97. The van der Waals surface area contributed by atoms with Gasteiger partial charge in [-0.2, -0.15) is 0 Å². The third kappa shape index (κ3) is 6.10. The lowest BCUT2D eigenvalue weighted by atomic mass is 9.91. The molecule has 1 atom stereocenters. The van der Waals surface area contributed by atoms with Crippen LogP contribution in [0.25, 0.3) is 0 Å². The highest BCUT2D eigenvalue weighted by Gasteiger charge is 2.36. The molecular weight excluding hydrogens is 509 g/mol. The monoisotopic (exact) mass is 531 g/mol. The number of fused-ring (bicyclic) bond motifs is 1. The minimum atomic E-state index is -0.966. The molecule has 3 aromatic carbocycles. The molecule has 1 aliphatic rings. The molecule has 1 N–H and O–H groups in total. The number of benzene rings is 3. The molecule has 0 aromatic heterocycles. The minimum Gasteiger partial charge on any atom is -0.487 e. The van der Waals surface area contributed by atoms with Gasteiger partial charge in [-0.05, 0) is 60.0 Å². The van der Waals surface area contributed by atoms with Crippen LogP contribution in [0.1, 0.15) is 40.4 Å². The standard InChI is InChI=1S/C27H24Cl3NO4/c1-27(14-19-5-3-7-22(29)25(19)30)15-20-13-18(8-9-23(20)35-27)26(34)31(11-10-24(32)33)16-17-4-2-6-21(28)12-17/h2-9,12-13H,10-11,14-16H2,1H3,(H,32,33). The average molecular weight is 533 g/mol. The van der Waals surface area contributed by atoms with Crippen LogP contribution in [0.5, 0.6) is 5.75 Å². The summed E-state index contributed by atoms with van der Waals surface area (Å²) < 4.78 is 6.26. The molecule has 5 nitrogen and oxygen atoms in total. The van der Waals surface area contributed by atoms with Gasteiger partial charge in [0.25, 0.3) is 5.91 Å². The van der Waals surface area contributed by atoms with Gasteiger partial charge in [-0.3, -0.25) is 9.59 Å². The highest BCUT2D eigenvalue weighted by Crippen LogP contribution is 2.39. The summed E-state index contributed by atoms with van der Waals surface area (Å²) in [5, 5.41) is 10.7. The zero-order valence-corrected chi connectivity index (χ0v) is 21.3. The molecular formula is C27H24Cl3NO4. The van der Waals surface area contributed by atoms with Crippen molar-refractivity contribution in [3.63, 3.8) is 0 Å². The van der Waals surface area contributed by atoms with Crippen LogP contribution >= 0.6 is 34.8 Å². The molecule has 1 aliphatic heterocycles. The van der Waals surface area contributed by atoms with Crippen LogP contribution in [0.2, 0.25) is 15.1 Å². The fourth-order valence-electron chi connectivity index (χ4n) is 4.36. The number of amides is 1. The van der Waals surface area contributed by atoms with Gasteiger partial charge in [0.2, 0.25) is 0 Å². The molecule has 35 heavy (non-hydrogen) atoms. The van der Waals surface area contributed by atoms with E-state index in [0.717, 1.165) is 16.7 Å². The number of carbonyl (C=O) groups excluding carboxylic acids is 1. The molecule has 1 amide bonds. The first-order chi connectivity index (χ1) is 16.6. The summed E-state index contributed by atoms with van der Waals surface area (Å²) in [6.45, 7) is 2.34. The number of hydrogen-bond acceptors (Lipinski definition) is 3. The van der Waals surface area contributed by atoms with Gasteiger partial charge in [0.1, 0.15) is 11.4 Å². The molecule has 182 valence electrons. The molecule has 0 radical (unpaired) electrons. The van der Waals surface area contributed by atoms with Crippen molar-refractivity contribution >= 4 is 46.7 Å². The van der Waals surface area contributed by atoms with Crippen LogP contribution in [0.15, 0.2) is 60.7 Å². The first-order valence-corrected chi connectivity index (χ1v) is 12.3. The molecule has 3 aromatic rings. The molecule has 4 rings (SSSR count). The normalized spacial score (nSPS) is 16.5. The average Bonchev–Trinajstić information content (AvgIpc) is 3.14. The van der Waals surface area contributed by atoms with E-state index in [9.17, 15) is 14.7 Å². The van der Waals surface area contributed by atoms with E-state index in [4.69, 9.17) is 39.5 Å². The Kier molecular flexibility index (Phi) is 7.60. The van der Waals surface area contributed by atoms with Crippen molar-refractivity contribution in [2.75, 3.05) is 6.54 Å². The summed E-state index contributed by atoms with van der Waals surface area (Å²) in [7, 11) is 0. The highest BCUT2D eigenvalue weighted by atomic mass is 35.5. The zero-order chi connectivity index (χ0) is 25.2. The Bertz CT molecular complexity index is 1280. The van der Waals surface area contributed by atoms with Gasteiger partial charge in [-0.25, -0.2) is 0 Å². The maximum Gasteiger partial charge on any atom is 0.305 e. The number of nitrogens with zero attached hydrogens (tertiary/aromatic N) is 1. The highest BCUT2D eigenvalue weighted by molar-refractivity contribution is 6.42. The lowest BCUT2D eigenvalue weighted by Crippen LogP contribution is -2.33. The van der Waals surface area contributed by atoms with E-state index in [0.29, 0.717) is 39.2 Å². The van der Waals surface area contributed by atoms with E-state index in [1.54, 1.807) is 36.4 Å². The summed E-state index contributed by atoms with van der Waals surface area (Å²) >= 11 is 18.7. The summed E-state index contributed by atoms with van der Waals surface area (Å²) in [5.41, 5.74) is 2.57. The summed E-state index contributed by atoms with van der Waals surface area (Å²) in [6.07, 6.45) is 0.998. The topological polar surface area (TPSA) is 66.8 Å². The van der Waals surface area contributed by atoms with Crippen LogP contribution in [0.4, 0.5) is 0 Å². The van der Waals surface area contributed by atoms with Crippen molar-refractivity contribution in [2.45, 2.75) is 38.3 Å². The van der Waals surface area contributed by atoms with Gasteiger partial charge in [0.15, 0.2) is 0 Å². The molecule has 0 saturated carbocycles. The molecule has 1 unspecified atom stereocenters. The maximum absolute atomic E-state index is 13.4. The Labute approximate surface area is 219 Å². The van der Waals surface area contributed by atoms with Crippen molar-refractivity contribution in [2.24, 2.45) is 0 Å². The lowest BCUT2D eigenvalue weighted by Gasteiger charge is -2.24. The van der Waals surface area contributed by atoms with E-state index in [2.05, 4.69) is 0 Å². The van der Waals surface area contributed by atoms with E-state index in [1.165, 1.54) is 4.90 Å². The second kappa shape index (κ2) is 10.5. The smallest absolute Gasteiger partial charge is 0.305 e. The largest absolute Gasteiger partial charge is 0.487 e. The van der Waals surface area contributed by atoms with Crippen LogP contribution in [0.3, 0.4) is 0 Å². The SMILES string of the molecule is CC1(Cc2cccc(Cl)c2Cl)Cc2cc(C(=O)N(CCC(=O)O)Cc3cccc(Cl)c3)ccc2O1. The van der Waals surface area contributed by atoms with E-state index >= 15 is 0 Å². The predicted octanol–water partition coefficient (Wildman–Crippen LogP) is 6.70. The molecule has 1 heterocycles.